The molecule has 138 valence electrons. The Balaban J connectivity index is 2.13. The fourth-order valence-corrected chi connectivity index (χ4v) is 6.93. The van der Waals surface area contributed by atoms with E-state index in [4.69, 9.17) is 9.47 Å². The topological polar surface area (TPSA) is 107 Å². The molecule has 0 aromatic heterocycles. The minimum atomic E-state index is -3.95. The zero-order valence-electron chi connectivity index (χ0n) is 14.0. The van der Waals surface area contributed by atoms with Gasteiger partial charge in [-0.3, -0.25) is 0 Å². The second-order valence-corrected chi connectivity index (χ2v) is 10.5. The molecule has 9 heteroatoms. The monoisotopic (exact) mass is 388 g/mol. The van der Waals surface area contributed by atoms with Gasteiger partial charge >= 0.3 is 0 Å². The van der Waals surface area contributed by atoms with E-state index in [0.717, 1.165) is 11.8 Å². The fraction of sp³-hybridized carbons (Fsp3) is 0.500. The highest BCUT2D eigenvalue weighted by Gasteiger charge is 2.59. The molecule has 0 radical (unpaired) electrons. The summed E-state index contributed by atoms with van der Waals surface area (Å²) >= 11 is 0. The van der Waals surface area contributed by atoms with Crippen LogP contribution in [0, 0.1) is 12.8 Å². The summed E-state index contributed by atoms with van der Waals surface area (Å²) in [7, 11) is -7.64. The van der Waals surface area contributed by atoms with Crippen LogP contribution in [0.1, 0.15) is 12.5 Å². The normalized spacial score (nSPS) is 29.6. The molecule has 1 fully saturated rings. The molecule has 3 rings (SSSR count). The van der Waals surface area contributed by atoms with Crippen molar-refractivity contribution in [2.45, 2.75) is 36.4 Å². The van der Waals surface area contributed by atoms with Crippen LogP contribution in [0.4, 0.5) is 0 Å². The van der Waals surface area contributed by atoms with Gasteiger partial charge in [0.1, 0.15) is 17.1 Å². The van der Waals surface area contributed by atoms with Gasteiger partial charge in [0.2, 0.25) is 6.29 Å². The van der Waals surface area contributed by atoms with Crippen LogP contribution in [0.5, 0.6) is 0 Å². The van der Waals surface area contributed by atoms with Crippen LogP contribution in [-0.2, 0) is 29.1 Å². The van der Waals surface area contributed by atoms with Gasteiger partial charge in [-0.15, -0.1) is 0 Å². The lowest BCUT2D eigenvalue weighted by atomic mass is 10.0. The lowest BCUT2D eigenvalue weighted by Gasteiger charge is -2.21. The zero-order valence-corrected chi connectivity index (χ0v) is 15.7. The largest absolute Gasteiger partial charge is 0.468 e. The molecule has 0 bridgehead atoms. The molecule has 4 atom stereocenters. The number of benzene rings is 1. The van der Waals surface area contributed by atoms with Gasteiger partial charge in [-0.25, -0.2) is 16.8 Å². The van der Waals surface area contributed by atoms with Crippen LogP contribution in [0.15, 0.2) is 39.8 Å². The van der Waals surface area contributed by atoms with Crippen molar-refractivity contribution in [1.29, 1.82) is 0 Å². The Kier molecular flexibility index (Phi) is 4.47. The van der Waals surface area contributed by atoms with E-state index in [1.54, 1.807) is 12.1 Å². The molecule has 1 saturated heterocycles. The Morgan fingerprint density at radius 2 is 1.68 bits per heavy atom. The van der Waals surface area contributed by atoms with Gasteiger partial charge in [0.05, 0.1) is 22.3 Å². The molecular formula is C16H20O7S2. The summed E-state index contributed by atoms with van der Waals surface area (Å²) in [6, 6.07) is 6.27. The minimum absolute atomic E-state index is 0.0585. The number of sulfone groups is 2. The summed E-state index contributed by atoms with van der Waals surface area (Å²) in [4.78, 5) is -0.0164. The summed E-state index contributed by atoms with van der Waals surface area (Å²) in [5.41, 5.74) is 0.898. The van der Waals surface area contributed by atoms with Crippen molar-refractivity contribution in [2.75, 3.05) is 12.9 Å². The van der Waals surface area contributed by atoms with Crippen LogP contribution >= 0.6 is 0 Å². The van der Waals surface area contributed by atoms with E-state index in [-0.39, 0.29) is 15.6 Å². The quantitative estimate of drug-likeness (QED) is 0.812. The third kappa shape index (κ3) is 2.99. The number of rotatable bonds is 4. The van der Waals surface area contributed by atoms with E-state index in [1.807, 2.05) is 6.92 Å². The standard InChI is InChI=1S/C16H20O7S2/c1-9-4-6-11(7-5-9)25(20,21)15-12(8-17)23-16-13(15)14(10(2)22-16)24(3,18)19/h4-7,12-13,15-17H,8H2,1-3H3/t12-,13+,15-,16-/m1/s1. The lowest BCUT2D eigenvalue weighted by molar-refractivity contribution is -0.114. The molecule has 0 aliphatic carbocycles. The highest BCUT2D eigenvalue weighted by molar-refractivity contribution is 7.95. The third-order valence-corrected chi connectivity index (χ3v) is 8.15. The predicted molar refractivity (Wildman–Crippen MR) is 90.0 cm³/mol. The van der Waals surface area contributed by atoms with Crippen molar-refractivity contribution in [3.63, 3.8) is 0 Å². The van der Waals surface area contributed by atoms with Gasteiger partial charge in [0, 0.05) is 6.26 Å². The molecule has 0 saturated carbocycles. The second-order valence-electron chi connectivity index (χ2n) is 6.38. The molecule has 0 spiro atoms. The SMILES string of the molecule is CC1=C(S(C)(=O)=O)[C@@H]2[C@H](O1)O[C@H](CO)[C@H]2S(=O)(=O)c1ccc(C)cc1. The molecule has 2 aliphatic heterocycles. The number of hydrogen-bond acceptors (Lipinski definition) is 7. The maximum Gasteiger partial charge on any atom is 0.208 e. The van der Waals surface area contributed by atoms with Crippen LogP contribution in [0.25, 0.3) is 0 Å². The van der Waals surface area contributed by atoms with Crippen molar-refractivity contribution in [3.8, 4) is 0 Å². The Labute approximate surface area is 147 Å². The average Bonchev–Trinajstić information content (AvgIpc) is 3.00. The average molecular weight is 388 g/mol. The van der Waals surface area contributed by atoms with Crippen molar-refractivity contribution in [1.82, 2.24) is 0 Å². The molecular weight excluding hydrogens is 368 g/mol. The van der Waals surface area contributed by atoms with Gasteiger partial charge in [-0.2, -0.15) is 0 Å². The number of fused-ring (bicyclic) bond motifs is 1. The van der Waals surface area contributed by atoms with Crippen molar-refractivity contribution >= 4 is 19.7 Å². The van der Waals surface area contributed by atoms with Crippen LogP contribution < -0.4 is 0 Å². The maximum absolute atomic E-state index is 13.2. The van der Waals surface area contributed by atoms with E-state index >= 15 is 0 Å². The first kappa shape index (κ1) is 18.4. The first-order chi connectivity index (χ1) is 11.6. The lowest BCUT2D eigenvalue weighted by Crippen LogP contribution is -2.39. The highest BCUT2D eigenvalue weighted by Crippen LogP contribution is 2.47. The van der Waals surface area contributed by atoms with Crippen LogP contribution in [-0.4, -0.2) is 52.4 Å². The first-order valence-corrected chi connectivity index (χ1v) is 11.2. The molecule has 25 heavy (non-hydrogen) atoms. The number of aryl methyl sites for hydroxylation is 1. The first-order valence-electron chi connectivity index (χ1n) is 7.71. The summed E-state index contributed by atoms with van der Waals surface area (Å²) in [5.74, 6) is -0.864. The fourth-order valence-electron chi connectivity index (χ4n) is 3.49. The van der Waals surface area contributed by atoms with Gasteiger partial charge in [0.15, 0.2) is 19.7 Å². The smallest absolute Gasteiger partial charge is 0.208 e. The number of hydrogen-bond donors (Lipinski definition) is 1. The summed E-state index contributed by atoms with van der Waals surface area (Å²) in [6.45, 7) is 2.75. The molecule has 1 aromatic rings. The summed E-state index contributed by atoms with van der Waals surface area (Å²) in [6.07, 6.45) is -1.09. The highest BCUT2D eigenvalue weighted by atomic mass is 32.2. The number of aliphatic hydroxyl groups is 1. The second kappa shape index (κ2) is 6.08. The number of allylic oxidation sites excluding steroid dienone is 1. The molecule has 2 heterocycles. The molecule has 0 unspecified atom stereocenters. The minimum Gasteiger partial charge on any atom is -0.468 e. The van der Waals surface area contributed by atoms with Crippen molar-refractivity contribution < 1.29 is 31.4 Å². The van der Waals surface area contributed by atoms with Crippen LogP contribution in [0.2, 0.25) is 0 Å². The summed E-state index contributed by atoms with van der Waals surface area (Å²) < 4.78 is 61.7. The molecule has 7 nitrogen and oxygen atoms in total. The van der Waals surface area contributed by atoms with Gasteiger partial charge in [0.25, 0.3) is 0 Å². The van der Waals surface area contributed by atoms with E-state index in [2.05, 4.69) is 0 Å². The van der Waals surface area contributed by atoms with Gasteiger partial charge < -0.3 is 14.6 Å². The predicted octanol–water partition coefficient (Wildman–Crippen LogP) is 0.777. The van der Waals surface area contributed by atoms with E-state index in [0.29, 0.717) is 0 Å². The summed E-state index contributed by atoms with van der Waals surface area (Å²) in [5, 5.41) is 8.35. The van der Waals surface area contributed by atoms with Gasteiger partial charge in [-0.1, -0.05) is 17.7 Å². The Hall–Kier alpha value is -1.42. The van der Waals surface area contributed by atoms with Crippen LogP contribution in [0.3, 0.4) is 0 Å². The van der Waals surface area contributed by atoms with Gasteiger partial charge in [-0.05, 0) is 26.0 Å². The Morgan fingerprint density at radius 1 is 1.08 bits per heavy atom. The molecule has 1 aromatic carbocycles. The van der Waals surface area contributed by atoms with E-state index < -0.39 is 49.8 Å². The van der Waals surface area contributed by atoms with E-state index in [1.165, 1.54) is 19.1 Å². The number of aliphatic hydroxyl groups excluding tert-OH is 1. The zero-order chi connectivity index (χ0) is 18.6. The third-order valence-electron chi connectivity index (χ3n) is 4.55. The Morgan fingerprint density at radius 3 is 2.20 bits per heavy atom. The molecule has 1 N–H and O–H groups in total. The van der Waals surface area contributed by atoms with E-state index in [9.17, 15) is 21.9 Å². The van der Waals surface area contributed by atoms with Crippen molar-refractivity contribution in [3.05, 3.63) is 40.5 Å². The number of ether oxygens (including phenoxy) is 2. The molecule has 0 amide bonds. The molecule has 2 aliphatic rings. The maximum atomic E-state index is 13.2. The van der Waals surface area contributed by atoms with Crippen molar-refractivity contribution in [2.24, 2.45) is 5.92 Å². The Bertz CT molecular complexity index is 914.